The molecule has 0 amide bonds. The van der Waals surface area contributed by atoms with Crippen LogP contribution in [0.4, 0.5) is 0 Å². The average molecular weight is 259 g/mol. The third-order valence-electron chi connectivity index (χ3n) is 3.65. The lowest BCUT2D eigenvalue weighted by Gasteiger charge is -2.02. The van der Waals surface area contributed by atoms with Gasteiger partial charge in [0.15, 0.2) is 0 Å². The summed E-state index contributed by atoms with van der Waals surface area (Å²) in [5, 5.41) is 4.58. The minimum atomic E-state index is 1.29. The van der Waals surface area contributed by atoms with Gasteiger partial charge in [0.2, 0.25) is 0 Å². The standard InChI is InChI=1S/C17H24P/c1-2-3-4-5-6-7-8-13-17-16-12-10-9-11-15(16)14-18-17/h9-12,14H,2-8,13H2,1H3. The highest BCUT2D eigenvalue weighted by atomic mass is 31.1. The molecule has 1 heterocycles. The molecule has 1 heteroatoms. The molecule has 1 radical (unpaired) electrons. The second-order valence-electron chi connectivity index (χ2n) is 5.16. The Balaban J connectivity index is 1.71. The lowest BCUT2D eigenvalue weighted by molar-refractivity contribution is 0.594. The van der Waals surface area contributed by atoms with E-state index in [-0.39, 0.29) is 0 Å². The Kier molecular flexibility index (Phi) is 5.94. The van der Waals surface area contributed by atoms with Crippen molar-refractivity contribution in [3.05, 3.63) is 34.7 Å². The van der Waals surface area contributed by atoms with Gasteiger partial charge in [-0.05, 0) is 43.0 Å². The second kappa shape index (κ2) is 7.74. The Morgan fingerprint density at radius 3 is 2.44 bits per heavy atom. The molecule has 0 N–H and O–H groups in total. The first-order valence-electron chi connectivity index (χ1n) is 7.41. The summed E-state index contributed by atoms with van der Waals surface area (Å²) >= 11 is 0. The monoisotopic (exact) mass is 259 g/mol. The Morgan fingerprint density at radius 2 is 1.61 bits per heavy atom. The van der Waals surface area contributed by atoms with Crippen LogP contribution < -0.4 is 10.4 Å². The Morgan fingerprint density at radius 1 is 0.889 bits per heavy atom. The van der Waals surface area contributed by atoms with Gasteiger partial charge >= 0.3 is 0 Å². The van der Waals surface area contributed by atoms with Crippen molar-refractivity contribution in [2.75, 3.05) is 0 Å². The van der Waals surface area contributed by atoms with E-state index in [0.29, 0.717) is 0 Å². The van der Waals surface area contributed by atoms with Crippen LogP contribution in [0.5, 0.6) is 0 Å². The third-order valence-corrected chi connectivity index (χ3v) is 4.83. The van der Waals surface area contributed by atoms with Crippen LogP contribution in [-0.2, 0) is 0 Å². The van der Waals surface area contributed by atoms with Gasteiger partial charge in [-0.25, -0.2) is 0 Å². The highest BCUT2D eigenvalue weighted by Gasteiger charge is 2.04. The average Bonchev–Trinajstić information content (AvgIpc) is 2.81. The molecule has 1 aliphatic heterocycles. The molecule has 97 valence electrons. The lowest BCUT2D eigenvalue weighted by Crippen LogP contribution is -2.21. The Hall–Kier alpha value is -0.610. The molecule has 1 aromatic rings. The van der Waals surface area contributed by atoms with Crippen molar-refractivity contribution in [1.29, 1.82) is 0 Å². The zero-order valence-electron chi connectivity index (χ0n) is 11.5. The van der Waals surface area contributed by atoms with Crippen LogP contribution >= 0.6 is 8.58 Å². The first-order chi connectivity index (χ1) is 8.92. The summed E-state index contributed by atoms with van der Waals surface area (Å²) in [5.41, 5.74) is 0. The normalized spacial score (nSPS) is 14.8. The van der Waals surface area contributed by atoms with Crippen molar-refractivity contribution < 1.29 is 0 Å². The Bertz CT molecular complexity index is 473. The van der Waals surface area contributed by atoms with E-state index in [1.165, 1.54) is 70.4 Å². The van der Waals surface area contributed by atoms with Crippen molar-refractivity contribution in [1.82, 2.24) is 0 Å². The molecule has 2 rings (SSSR count). The Labute approximate surface area is 113 Å². The third kappa shape index (κ3) is 3.95. The number of hydrogen-bond acceptors (Lipinski definition) is 0. The van der Waals surface area contributed by atoms with Gasteiger partial charge in [0.25, 0.3) is 0 Å². The fourth-order valence-electron chi connectivity index (χ4n) is 2.54. The summed E-state index contributed by atoms with van der Waals surface area (Å²) in [6.45, 7) is 2.28. The SMILES string of the molecule is CCCCCCCCCC1=c2ccccc2=C[P]1. The van der Waals surface area contributed by atoms with Crippen molar-refractivity contribution in [3.63, 3.8) is 0 Å². The van der Waals surface area contributed by atoms with E-state index in [9.17, 15) is 0 Å². The van der Waals surface area contributed by atoms with Crippen LogP contribution in [-0.4, -0.2) is 0 Å². The van der Waals surface area contributed by atoms with Crippen molar-refractivity contribution in [2.24, 2.45) is 0 Å². The predicted octanol–water partition coefficient (Wildman–Crippen LogP) is 4.63. The van der Waals surface area contributed by atoms with E-state index >= 15 is 0 Å². The fourth-order valence-corrected chi connectivity index (χ4v) is 3.69. The van der Waals surface area contributed by atoms with Gasteiger partial charge in [-0.15, -0.1) is 0 Å². The molecule has 0 spiro atoms. The molecule has 0 aliphatic carbocycles. The van der Waals surface area contributed by atoms with Gasteiger partial charge in [-0.3, -0.25) is 0 Å². The van der Waals surface area contributed by atoms with Crippen LogP contribution in [0.15, 0.2) is 24.3 Å². The molecule has 0 atom stereocenters. The summed E-state index contributed by atoms with van der Waals surface area (Å²) in [4.78, 5) is 0. The quantitative estimate of drug-likeness (QED) is 0.471. The second-order valence-corrected chi connectivity index (χ2v) is 6.22. The molecule has 1 aliphatic rings. The van der Waals surface area contributed by atoms with Crippen LogP contribution in [0, 0.1) is 0 Å². The molecule has 0 nitrogen and oxygen atoms in total. The first kappa shape index (κ1) is 13.8. The minimum absolute atomic E-state index is 1.29. The minimum Gasteiger partial charge on any atom is -0.0654 e. The predicted molar refractivity (Wildman–Crippen MR) is 83.1 cm³/mol. The maximum atomic E-state index is 2.35. The first-order valence-corrected chi connectivity index (χ1v) is 8.37. The van der Waals surface area contributed by atoms with E-state index in [1.807, 2.05) is 0 Å². The number of hydrogen-bond donors (Lipinski definition) is 0. The zero-order chi connectivity index (χ0) is 12.6. The zero-order valence-corrected chi connectivity index (χ0v) is 12.4. The largest absolute Gasteiger partial charge is 0.0654 e. The van der Waals surface area contributed by atoms with E-state index < -0.39 is 0 Å². The van der Waals surface area contributed by atoms with Crippen LogP contribution in [0.2, 0.25) is 0 Å². The summed E-state index contributed by atoms with van der Waals surface area (Å²) < 4.78 is 0. The van der Waals surface area contributed by atoms with Crippen molar-refractivity contribution in [2.45, 2.75) is 58.3 Å². The number of rotatable bonds is 8. The molecule has 1 aromatic carbocycles. The molecule has 0 saturated heterocycles. The maximum Gasteiger partial charge on any atom is -0.0140 e. The van der Waals surface area contributed by atoms with Gasteiger partial charge in [0, 0.05) is 0 Å². The van der Waals surface area contributed by atoms with Crippen molar-refractivity contribution in [3.8, 4) is 0 Å². The molecule has 0 bridgehead atoms. The number of unbranched alkanes of at least 4 members (excludes halogenated alkanes) is 6. The molecular weight excluding hydrogens is 235 g/mol. The van der Waals surface area contributed by atoms with E-state index in [4.69, 9.17) is 0 Å². The summed E-state index contributed by atoms with van der Waals surface area (Å²) in [6, 6.07) is 8.82. The summed E-state index contributed by atoms with van der Waals surface area (Å²) in [7, 11) is 1.44. The van der Waals surface area contributed by atoms with Gasteiger partial charge in [-0.1, -0.05) is 69.7 Å². The molecule has 0 fully saturated rings. The molecule has 0 saturated carbocycles. The molecular formula is C17H24P. The van der Waals surface area contributed by atoms with E-state index in [2.05, 4.69) is 37.0 Å². The van der Waals surface area contributed by atoms with Crippen LogP contribution in [0.1, 0.15) is 58.3 Å². The van der Waals surface area contributed by atoms with Gasteiger partial charge < -0.3 is 0 Å². The molecule has 0 unspecified atom stereocenters. The van der Waals surface area contributed by atoms with E-state index in [1.54, 1.807) is 5.31 Å². The van der Waals surface area contributed by atoms with Gasteiger partial charge in [0.05, 0.1) is 0 Å². The number of fused-ring (bicyclic) bond motifs is 1. The van der Waals surface area contributed by atoms with Crippen LogP contribution in [0.25, 0.3) is 11.1 Å². The smallest absolute Gasteiger partial charge is 0.0140 e. The lowest BCUT2D eigenvalue weighted by atomic mass is 10.1. The highest BCUT2D eigenvalue weighted by molar-refractivity contribution is 7.58. The van der Waals surface area contributed by atoms with Crippen LogP contribution in [0.3, 0.4) is 0 Å². The highest BCUT2D eigenvalue weighted by Crippen LogP contribution is 2.32. The molecule has 0 aromatic heterocycles. The van der Waals surface area contributed by atoms with Gasteiger partial charge in [-0.2, -0.15) is 0 Å². The van der Waals surface area contributed by atoms with Crippen molar-refractivity contribution >= 4 is 19.7 Å². The van der Waals surface area contributed by atoms with E-state index in [0.717, 1.165) is 0 Å². The summed E-state index contributed by atoms with van der Waals surface area (Å²) in [5.74, 6) is 2.35. The fraction of sp³-hybridized carbons (Fsp3) is 0.529. The maximum absolute atomic E-state index is 2.35. The number of benzene rings is 1. The van der Waals surface area contributed by atoms with Gasteiger partial charge in [0.1, 0.15) is 0 Å². The topological polar surface area (TPSA) is 0 Å². The molecule has 18 heavy (non-hydrogen) atoms. The summed E-state index contributed by atoms with van der Waals surface area (Å²) in [6.07, 6.45) is 11.1.